The van der Waals surface area contributed by atoms with E-state index in [2.05, 4.69) is 43.8 Å². The highest BCUT2D eigenvalue weighted by molar-refractivity contribution is 14.1. The van der Waals surface area contributed by atoms with Gasteiger partial charge in [0.2, 0.25) is 0 Å². The first-order chi connectivity index (χ1) is 17.7. The molecule has 0 aromatic heterocycles. The zero-order valence-corrected chi connectivity index (χ0v) is 23.3. The molecule has 1 saturated heterocycles. The number of urea groups is 1. The van der Waals surface area contributed by atoms with E-state index in [-0.39, 0.29) is 24.5 Å². The highest BCUT2D eigenvalue weighted by Gasteiger charge is 2.33. The van der Waals surface area contributed by atoms with Crippen LogP contribution in [0, 0.1) is 13.7 Å². The van der Waals surface area contributed by atoms with E-state index in [1.807, 2.05) is 37.3 Å². The third-order valence-electron chi connectivity index (χ3n) is 5.39. The molecule has 1 heterocycles. The van der Waals surface area contributed by atoms with Crippen LogP contribution in [-0.4, -0.2) is 28.4 Å². The highest BCUT2D eigenvalue weighted by atomic mass is 127. The fraction of sp³-hybridized carbons (Fsp3) is 0.154. The van der Waals surface area contributed by atoms with Crippen LogP contribution < -0.4 is 14.8 Å². The van der Waals surface area contributed by atoms with Crippen LogP contribution in [-0.2, 0) is 17.9 Å². The molecule has 37 heavy (non-hydrogen) atoms. The molecule has 1 N–H and O–H groups in total. The number of non-ortho nitro benzene ring substituents is 1. The molecule has 0 spiro atoms. The number of nitrogens with zero attached hydrogens (tertiary/aromatic N) is 2. The van der Waals surface area contributed by atoms with Gasteiger partial charge in [0.25, 0.3) is 11.6 Å². The van der Waals surface area contributed by atoms with Gasteiger partial charge in [0.1, 0.15) is 12.3 Å². The van der Waals surface area contributed by atoms with Crippen LogP contribution in [0.25, 0.3) is 6.08 Å². The summed E-state index contributed by atoms with van der Waals surface area (Å²) in [5, 5.41) is 13.5. The predicted octanol–water partition coefficient (Wildman–Crippen LogP) is 6.03. The SMILES string of the molecule is CCOc1cc(/C=C2/NC(=O)N(Cc3ccc(Br)cc3)C2=O)cc(I)c1OCc1ccc([N+](=O)[O-])cc1. The summed E-state index contributed by atoms with van der Waals surface area (Å²) in [6.07, 6.45) is 1.60. The Labute approximate surface area is 234 Å². The van der Waals surface area contributed by atoms with Gasteiger partial charge < -0.3 is 14.8 Å². The van der Waals surface area contributed by atoms with Crippen molar-refractivity contribution in [2.75, 3.05) is 6.61 Å². The molecule has 3 aromatic carbocycles. The van der Waals surface area contributed by atoms with Gasteiger partial charge in [-0.05, 0) is 88.7 Å². The summed E-state index contributed by atoms with van der Waals surface area (Å²) in [7, 11) is 0. The minimum Gasteiger partial charge on any atom is -0.490 e. The molecule has 0 bridgehead atoms. The lowest BCUT2D eigenvalue weighted by atomic mass is 10.1. The molecule has 4 rings (SSSR count). The van der Waals surface area contributed by atoms with Crippen LogP contribution in [0.2, 0.25) is 0 Å². The molecule has 190 valence electrons. The summed E-state index contributed by atoms with van der Waals surface area (Å²) in [5.41, 5.74) is 2.43. The lowest BCUT2D eigenvalue weighted by Crippen LogP contribution is -2.30. The van der Waals surface area contributed by atoms with E-state index in [1.165, 1.54) is 12.1 Å². The largest absolute Gasteiger partial charge is 0.490 e. The fourth-order valence-electron chi connectivity index (χ4n) is 3.60. The topological polar surface area (TPSA) is 111 Å². The Kier molecular flexibility index (Phi) is 8.44. The van der Waals surface area contributed by atoms with E-state index in [4.69, 9.17) is 9.47 Å². The van der Waals surface area contributed by atoms with Crippen molar-refractivity contribution in [1.82, 2.24) is 10.2 Å². The maximum Gasteiger partial charge on any atom is 0.329 e. The van der Waals surface area contributed by atoms with Gasteiger partial charge in [-0.2, -0.15) is 0 Å². The number of carbonyl (C=O) groups excluding carboxylic acids is 2. The molecule has 0 atom stereocenters. The molecule has 3 aromatic rings. The Hall–Kier alpha value is -3.45. The van der Waals surface area contributed by atoms with E-state index in [9.17, 15) is 19.7 Å². The molecule has 3 amide bonds. The van der Waals surface area contributed by atoms with Crippen molar-refractivity contribution in [3.8, 4) is 11.5 Å². The molecule has 0 radical (unpaired) electrons. The standard InChI is InChI=1S/C26H21BrIN3O6/c1-2-36-23-13-18(11-21(28)24(23)37-15-17-5-9-20(10-6-17)31(34)35)12-22-25(32)30(26(33)29-22)14-16-3-7-19(27)8-4-16/h3-13H,2,14-15H2,1H3,(H,29,33)/b22-12+. The van der Waals surface area contributed by atoms with Gasteiger partial charge in [0, 0.05) is 16.6 Å². The number of ether oxygens (including phenoxy) is 2. The number of halogens is 2. The third-order valence-corrected chi connectivity index (χ3v) is 6.72. The van der Waals surface area contributed by atoms with Crippen LogP contribution in [0.4, 0.5) is 10.5 Å². The lowest BCUT2D eigenvalue weighted by Gasteiger charge is -2.15. The van der Waals surface area contributed by atoms with Gasteiger partial charge in [-0.3, -0.25) is 19.8 Å². The summed E-state index contributed by atoms with van der Waals surface area (Å²) < 4.78 is 13.4. The molecule has 0 unspecified atom stereocenters. The molecule has 1 aliphatic rings. The summed E-state index contributed by atoms with van der Waals surface area (Å²) in [4.78, 5) is 37.0. The molecule has 1 fully saturated rings. The third kappa shape index (κ3) is 6.46. The summed E-state index contributed by atoms with van der Waals surface area (Å²) >= 11 is 5.49. The Balaban J connectivity index is 1.52. The highest BCUT2D eigenvalue weighted by Crippen LogP contribution is 2.36. The minimum absolute atomic E-state index is 0.00897. The quantitative estimate of drug-likeness (QED) is 0.0974. The average Bonchev–Trinajstić information content (AvgIpc) is 3.12. The number of nitro benzene ring substituents is 1. The van der Waals surface area contributed by atoms with Crippen molar-refractivity contribution in [2.24, 2.45) is 0 Å². The molecule has 0 aliphatic carbocycles. The maximum atomic E-state index is 12.9. The normalized spacial score (nSPS) is 14.1. The van der Waals surface area contributed by atoms with Crippen LogP contribution in [0.3, 0.4) is 0 Å². The summed E-state index contributed by atoms with van der Waals surface area (Å²) in [5.74, 6) is 0.577. The first-order valence-electron chi connectivity index (χ1n) is 11.2. The van der Waals surface area contributed by atoms with Gasteiger partial charge in [-0.1, -0.05) is 28.1 Å². The van der Waals surface area contributed by atoms with Crippen molar-refractivity contribution in [3.63, 3.8) is 0 Å². The van der Waals surface area contributed by atoms with Gasteiger partial charge >= 0.3 is 6.03 Å². The van der Waals surface area contributed by atoms with E-state index in [0.29, 0.717) is 23.7 Å². The minimum atomic E-state index is -0.484. The first-order valence-corrected chi connectivity index (χ1v) is 13.0. The number of nitrogens with one attached hydrogen (secondary N) is 1. The van der Waals surface area contributed by atoms with Crippen LogP contribution >= 0.6 is 38.5 Å². The lowest BCUT2D eigenvalue weighted by molar-refractivity contribution is -0.384. The number of hydrogen-bond acceptors (Lipinski definition) is 6. The van der Waals surface area contributed by atoms with Gasteiger partial charge in [-0.15, -0.1) is 0 Å². The van der Waals surface area contributed by atoms with Crippen molar-refractivity contribution >= 4 is 62.2 Å². The zero-order chi connectivity index (χ0) is 26.5. The second kappa shape index (κ2) is 11.7. The van der Waals surface area contributed by atoms with Crippen LogP contribution in [0.15, 0.2) is 70.8 Å². The number of nitro groups is 1. The maximum absolute atomic E-state index is 12.9. The summed E-state index contributed by atoms with van der Waals surface area (Å²) in [6.45, 7) is 2.58. The molecule has 1 aliphatic heterocycles. The number of rotatable bonds is 9. The number of hydrogen-bond donors (Lipinski definition) is 1. The molecule has 9 nitrogen and oxygen atoms in total. The first kappa shape index (κ1) is 26.6. The summed E-state index contributed by atoms with van der Waals surface area (Å²) in [6, 6.07) is 16.6. The predicted molar refractivity (Wildman–Crippen MR) is 149 cm³/mol. The van der Waals surface area contributed by atoms with Gasteiger partial charge in [-0.25, -0.2) is 4.79 Å². The van der Waals surface area contributed by atoms with E-state index < -0.39 is 16.9 Å². The van der Waals surface area contributed by atoms with Gasteiger partial charge in [0.15, 0.2) is 11.5 Å². The second-order valence-corrected chi connectivity index (χ2v) is 10.1. The fourth-order valence-corrected chi connectivity index (χ4v) is 4.64. The van der Waals surface area contributed by atoms with Crippen molar-refractivity contribution < 1.29 is 24.0 Å². The smallest absolute Gasteiger partial charge is 0.329 e. The number of imide groups is 1. The van der Waals surface area contributed by atoms with Crippen molar-refractivity contribution in [1.29, 1.82) is 0 Å². The Bertz CT molecular complexity index is 1380. The second-order valence-electron chi connectivity index (χ2n) is 7.98. The van der Waals surface area contributed by atoms with Gasteiger partial charge in [0.05, 0.1) is 21.6 Å². The van der Waals surface area contributed by atoms with E-state index in [1.54, 1.807) is 24.3 Å². The average molecular weight is 678 g/mol. The van der Waals surface area contributed by atoms with Crippen molar-refractivity contribution in [2.45, 2.75) is 20.1 Å². The number of benzene rings is 3. The Morgan fingerprint density at radius 1 is 1.05 bits per heavy atom. The number of carbonyl (C=O) groups is 2. The molecule has 0 saturated carbocycles. The molecule has 11 heteroatoms. The van der Waals surface area contributed by atoms with Crippen LogP contribution in [0.1, 0.15) is 23.6 Å². The van der Waals surface area contributed by atoms with E-state index in [0.717, 1.165) is 24.1 Å². The van der Waals surface area contributed by atoms with E-state index >= 15 is 0 Å². The molecular weight excluding hydrogens is 657 g/mol. The Morgan fingerprint density at radius 3 is 2.38 bits per heavy atom. The monoisotopic (exact) mass is 677 g/mol. The van der Waals surface area contributed by atoms with Crippen molar-refractivity contribution in [3.05, 3.63) is 101 Å². The zero-order valence-electron chi connectivity index (χ0n) is 19.6. The Morgan fingerprint density at radius 2 is 1.73 bits per heavy atom. The molecular formula is C26H21BrIN3O6. The van der Waals surface area contributed by atoms with Crippen LogP contribution in [0.5, 0.6) is 11.5 Å². The number of amides is 3.